The van der Waals surface area contributed by atoms with Crippen molar-refractivity contribution in [2.24, 2.45) is 0 Å². The standard InChI is InChI=1S/C23H20FN3O3/c1-29-19-8-5-9-20(30-2)22(19)16-10-11-21-26-18(14-27(21)13-16)23(28)25-12-15-6-3-4-7-17(15)24/h3-11,13-14H,12H2,1-2H3,(H,25,28). The zero-order valence-electron chi connectivity index (χ0n) is 16.6. The maximum Gasteiger partial charge on any atom is 0.271 e. The quantitative estimate of drug-likeness (QED) is 0.525. The van der Waals surface area contributed by atoms with E-state index < -0.39 is 0 Å². The number of rotatable bonds is 6. The molecule has 0 aliphatic heterocycles. The Bertz CT molecular complexity index is 1200. The molecule has 0 saturated carbocycles. The van der Waals surface area contributed by atoms with E-state index in [1.54, 1.807) is 43.0 Å². The predicted molar refractivity (Wildman–Crippen MR) is 111 cm³/mol. The zero-order chi connectivity index (χ0) is 21.1. The number of methoxy groups -OCH3 is 2. The summed E-state index contributed by atoms with van der Waals surface area (Å²) in [7, 11) is 3.21. The highest BCUT2D eigenvalue weighted by molar-refractivity contribution is 5.93. The second-order valence-corrected chi connectivity index (χ2v) is 6.62. The number of hydrogen-bond donors (Lipinski definition) is 1. The van der Waals surface area contributed by atoms with Gasteiger partial charge in [-0.3, -0.25) is 4.79 Å². The average molecular weight is 405 g/mol. The number of benzene rings is 2. The number of imidazole rings is 1. The van der Waals surface area contributed by atoms with Gasteiger partial charge in [-0.05, 0) is 30.3 Å². The van der Waals surface area contributed by atoms with Gasteiger partial charge in [-0.2, -0.15) is 0 Å². The highest BCUT2D eigenvalue weighted by Crippen LogP contribution is 2.38. The van der Waals surface area contributed by atoms with Gasteiger partial charge in [0.25, 0.3) is 5.91 Å². The number of ether oxygens (including phenoxy) is 2. The van der Waals surface area contributed by atoms with Gasteiger partial charge in [0, 0.05) is 30.1 Å². The molecule has 0 unspecified atom stereocenters. The van der Waals surface area contributed by atoms with E-state index in [9.17, 15) is 9.18 Å². The van der Waals surface area contributed by atoms with Crippen molar-refractivity contribution in [1.29, 1.82) is 0 Å². The highest BCUT2D eigenvalue weighted by Gasteiger charge is 2.15. The first-order chi connectivity index (χ1) is 14.6. The van der Waals surface area contributed by atoms with Crippen molar-refractivity contribution in [2.45, 2.75) is 6.54 Å². The van der Waals surface area contributed by atoms with E-state index in [1.165, 1.54) is 6.07 Å². The van der Waals surface area contributed by atoms with Crippen LogP contribution in [0.1, 0.15) is 16.1 Å². The predicted octanol–water partition coefficient (Wildman–Crippen LogP) is 4.09. The molecule has 0 atom stereocenters. The molecule has 0 spiro atoms. The molecular formula is C23H20FN3O3. The SMILES string of the molecule is COc1cccc(OC)c1-c1ccc2nc(C(=O)NCc3ccccc3F)cn2c1. The number of nitrogens with one attached hydrogen (secondary N) is 1. The van der Waals surface area contributed by atoms with Gasteiger partial charge < -0.3 is 19.2 Å². The molecule has 30 heavy (non-hydrogen) atoms. The van der Waals surface area contributed by atoms with E-state index in [1.807, 2.05) is 36.5 Å². The van der Waals surface area contributed by atoms with Crippen molar-refractivity contribution in [1.82, 2.24) is 14.7 Å². The summed E-state index contributed by atoms with van der Waals surface area (Å²) in [5.74, 6) is 0.620. The molecule has 4 aromatic rings. The monoisotopic (exact) mass is 405 g/mol. The molecule has 1 amide bonds. The molecule has 2 aromatic carbocycles. The summed E-state index contributed by atoms with van der Waals surface area (Å²) < 4.78 is 26.5. The van der Waals surface area contributed by atoms with Crippen molar-refractivity contribution < 1.29 is 18.7 Å². The number of pyridine rings is 1. The molecule has 7 heteroatoms. The largest absolute Gasteiger partial charge is 0.496 e. The zero-order valence-corrected chi connectivity index (χ0v) is 16.6. The maximum atomic E-state index is 13.7. The summed E-state index contributed by atoms with van der Waals surface area (Å²) in [6, 6.07) is 15.6. The van der Waals surface area contributed by atoms with Gasteiger partial charge in [-0.1, -0.05) is 24.3 Å². The fourth-order valence-corrected chi connectivity index (χ4v) is 3.29. The summed E-state index contributed by atoms with van der Waals surface area (Å²) in [5, 5.41) is 2.71. The number of aromatic nitrogens is 2. The number of carbonyl (C=O) groups excluding carboxylic acids is 1. The van der Waals surface area contributed by atoms with Crippen LogP contribution in [-0.4, -0.2) is 29.5 Å². The minimum absolute atomic E-state index is 0.0864. The first-order valence-corrected chi connectivity index (χ1v) is 9.32. The Balaban J connectivity index is 1.62. The van der Waals surface area contributed by atoms with Gasteiger partial charge in [0.15, 0.2) is 0 Å². The summed E-state index contributed by atoms with van der Waals surface area (Å²) in [4.78, 5) is 16.9. The second-order valence-electron chi connectivity index (χ2n) is 6.62. The third-order valence-corrected chi connectivity index (χ3v) is 4.80. The van der Waals surface area contributed by atoms with E-state index in [-0.39, 0.29) is 24.0 Å². The molecule has 1 N–H and O–H groups in total. The lowest BCUT2D eigenvalue weighted by molar-refractivity contribution is 0.0946. The van der Waals surface area contributed by atoms with Gasteiger partial charge in [0.2, 0.25) is 0 Å². The summed E-state index contributed by atoms with van der Waals surface area (Å²) >= 11 is 0. The first kappa shape index (κ1) is 19.4. The first-order valence-electron chi connectivity index (χ1n) is 9.32. The normalized spacial score (nSPS) is 10.8. The van der Waals surface area contributed by atoms with Gasteiger partial charge in [-0.25, -0.2) is 9.37 Å². The fourth-order valence-electron chi connectivity index (χ4n) is 3.29. The lowest BCUT2D eigenvalue weighted by Gasteiger charge is -2.13. The number of fused-ring (bicyclic) bond motifs is 1. The molecule has 6 nitrogen and oxygen atoms in total. The van der Waals surface area contributed by atoms with Crippen molar-refractivity contribution >= 4 is 11.6 Å². The summed E-state index contributed by atoms with van der Waals surface area (Å²) in [6.45, 7) is 0.0864. The average Bonchev–Trinajstić information content (AvgIpc) is 3.21. The third-order valence-electron chi connectivity index (χ3n) is 4.80. The van der Waals surface area contributed by atoms with Crippen LogP contribution >= 0.6 is 0 Å². The van der Waals surface area contributed by atoms with Crippen LogP contribution in [0.25, 0.3) is 16.8 Å². The lowest BCUT2D eigenvalue weighted by atomic mass is 10.1. The fraction of sp³-hybridized carbons (Fsp3) is 0.130. The van der Waals surface area contributed by atoms with Crippen molar-refractivity contribution in [3.63, 3.8) is 0 Å². The Morgan fingerprint density at radius 1 is 1.00 bits per heavy atom. The van der Waals surface area contributed by atoms with Crippen LogP contribution in [0.15, 0.2) is 67.0 Å². The van der Waals surface area contributed by atoms with E-state index in [2.05, 4.69) is 10.3 Å². The molecule has 0 saturated heterocycles. The Labute approximate surface area is 172 Å². The van der Waals surface area contributed by atoms with Crippen LogP contribution in [0.5, 0.6) is 11.5 Å². The number of hydrogen-bond acceptors (Lipinski definition) is 4. The van der Waals surface area contributed by atoms with Crippen LogP contribution in [0.2, 0.25) is 0 Å². The Morgan fingerprint density at radius 2 is 1.73 bits per heavy atom. The minimum Gasteiger partial charge on any atom is -0.496 e. The van der Waals surface area contributed by atoms with E-state index in [0.717, 1.165) is 11.1 Å². The molecule has 0 aliphatic carbocycles. The molecule has 0 fully saturated rings. The number of amides is 1. The Kier molecular flexibility index (Phi) is 5.34. The van der Waals surface area contributed by atoms with Crippen LogP contribution in [0.4, 0.5) is 4.39 Å². The number of carbonyl (C=O) groups is 1. The van der Waals surface area contributed by atoms with Crippen molar-refractivity contribution in [3.05, 3.63) is 84.1 Å². The molecule has 2 aromatic heterocycles. The van der Waals surface area contributed by atoms with E-state index in [0.29, 0.717) is 22.7 Å². The topological polar surface area (TPSA) is 64.9 Å². The van der Waals surface area contributed by atoms with Crippen LogP contribution in [0, 0.1) is 5.82 Å². The van der Waals surface area contributed by atoms with Gasteiger partial charge >= 0.3 is 0 Å². The van der Waals surface area contributed by atoms with Crippen molar-refractivity contribution in [3.8, 4) is 22.6 Å². The molecule has 2 heterocycles. The number of halogens is 1. The van der Waals surface area contributed by atoms with E-state index in [4.69, 9.17) is 9.47 Å². The maximum absolute atomic E-state index is 13.7. The van der Waals surface area contributed by atoms with Crippen LogP contribution < -0.4 is 14.8 Å². The van der Waals surface area contributed by atoms with Gasteiger partial charge in [-0.15, -0.1) is 0 Å². The lowest BCUT2D eigenvalue weighted by Crippen LogP contribution is -2.23. The molecule has 0 radical (unpaired) electrons. The van der Waals surface area contributed by atoms with E-state index >= 15 is 0 Å². The van der Waals surface area contributed by atoms with Crippen molar-refractivity contribution in [2.75, 3.05) is 14.2 Å². The second kappa shape index (κ2) is 8.24. The molecule has 0 bridgehead atoms. The summed E-state index contributed by atoms with van der Waals surface area (Å²) in [5.41, 5.74) is 2.94. The molecular weight excluding hydrogens is 385 g/mol. The van der Waals surface area contributed by atoms with Crippen LogP contribution in [0.3, 0.4) is 0 Å². The third kappa shape index (κ3) is 3.69. The minimum atomic E-state index is -0.377. The number of nitrogens with zero attached hydrogens (tertiary/aromatic N) is 2. The van der Waals surface area contributed by atoms with Gasteiger partial charge in [0.1, 0.15) is 28.7 Å². The smallest absolute Gasteiger partial charge is 0.271 e. The summed E-state index contributed by atoms with van der Waals surface area (Å²) in [6.07, 6.45) is 3.49. The molecule has 0 aliphatic rings. The van der Waals surface area contributed by atoms with Crippen LogP contribution in [-0.2, 0) is 6.54 Å². The Morgan fingerprint density at radius 3 is 2.43 bits per heavy atom. The Hall–Kier alpha value is -3.87. The molecule has 4 rings (SSSR count). The molecule has 152 valence electrons. The van der Waals surface area contributed by atoms with Gasteiger partial charge in [0.05, 0.1) is 19.8 Å². The highest BCUT2D eigenvalue weighted by atomic mass is 19.1.